The summed E-state index contributed by atoms with van der Waals surface area (Å²) in [5.74, 6) is 2.73. The summed E-state index contributed by atoms with van der Waals surface area (Å²) in [5, 5.41) is 5.44. The quantitative estimate of drug-likeness (QED) is 0.163. The summed E-state index contributed by atoms with van der Waals surface area (Å²) in [6, 6.07) is 35.1. The van der Waals surface area contributed by atoms with Crippen LogP contribution in [-0.4, -0.2) is 0 Å². The molecule has 0 atom stereocenters. The van der Waals surface area contributed by atoms with Crippen LogP contribution in [0.5, 0.6) is 0 Å². The molecular weight excluding hydrogens is 745 g/mol. The molecule has 7 aromatic rings. The maximum Gasteiger partial charge on any atom is 0.0647 e. The molecule has 0 spiro atoms. The van der Waals surface area contributed by atoms with Crippen molar-refractivity contribution in [1.29, 1.82) is 0 Å². The van der Waals surface area contributed by atoms with Gasteiger partial charge in [0.25, 0.3) is 0 Å². The molecule has 2 aliphatic carbocycles. The zero-order valence-electron chi connectivity index (χ0n) is 41.1. The van der Waals surface area contributed by atoms with Crippen molar-refractivity contribution in [2.24, 2.45) is 0 Å². The van der Waals surface area contributed by atoms with Crippen molar-refractivity contribution in [3.05, 3.63) is 186 Å². The van der Waals surface area contributed by atoms with E-state index in [1.165, 1.54) is 145 Å². The Morgan fingerprint density at radius 3 is 0.790 bits per heavy atom. The fourth-order valence-electron chi connectivity index (χ4n) is 11.0. The van der Waals surface area contributed by atoms with Crippen LogP contribution in [0.3, 0.4) is 0 Å². The number of aryl methyl sites for hydroxylation is 6. The Labute approximate surface area is 374 Å². The van der Waals surface area contributed by atoms with E-state index in [4.69, 9.17) is 0 Å². The molecule has 0 amide bonds. The summed E-state index contributed by atoms with van der Waals surface area (Å²) in [7, 11) is 0. The normalized spacial score (nSPS) is 14.5. The largest absolute Gasteiger partial charge is 0.0647 e. The molecule has 0 saturated heterocycles. The van der Waals surface area contributed by atoms with Crippen molar-refractivity contribution in [2.75, 3.05) is 0 Å². The van der Waals surface area contributed by atoms with Gasteiger partial charge in [0.1, 0.15) is 0 Å². The van der Waals surface area contributed by atoms with Crippen LogP contribution in [0.2, 0.25) is 0 Å². The monoisotopic (exact) mass is 813 g/mol. The molecule has 0 bridgehead atoms. The van der Waals surface area contributed by atoms with Gasteiger partial charge >= 0.3 is 0 Å². The molecule has 2 radical (unpaired) electrons. The summed E-state index contributed by atoms with van der Waals surface area (Å²) >= 11 is 0. The van der Waals surface area contributed by atoms with Gasteiger partial charge in [-0.1, -0.05) is 161 Å². The third-order valence-electron chi connectivity index (χ3n) is 14.2. The number of fused-ring (bicyclic) bond motifs is 4. The van der Waals surface area contributed by atoms with E-state index < -0.39 is 0 Å². The van der Waals surface area contributed by atoms with Crippen LogP contribution in [0, 0.1) is 53.4 Å². The first-order valence-electron chi connectivity index (χ1n) is 23.1. The van der Waals surface area contributed by atoms with Gasteiger partial charge < -0.3 is 0 Å². The molecule has 0 nitrogen and oxygen atoms in total. The second-order valence-corrected chi connectivity index (χ2v) is 23.5. The molecule has 0 aromatic heterocycles. The zero-order chi connectivity index (χ0) is 44.9. The van der Waals surface area contributed by atoms with E-state index in [9.17, 15) is 0 Å². The molecule has 316 valence electrons. The Bertz CT molecular complexity index is 2780. The second-order valence-electron chi connectivity index (χ2n) is 23.5. The highest BCUT2D eigenvalue weighted by molar-refractivity contribution is 6.11. The van der Waals surface area contributed by atoms with Gasteiger partial charge in [0, 0.05) is 0 Å². The molecule has 2 aliphatic rings. The van der Waals surface area contributed by atoms with Gasteiger partial charge in [-0.25, -0.2) is 0 Å². The zero-order valence-corrected chi connectivity index (χ0v) is 41.1. The highest BCUT2D eigenvalue weighted by Crippen LogP contribution is 2.57. The average Bonchev–Trinajstić information content (AvgIpc) is 3.13. The fourth-order valence-corrected chi connectivity index (χ4v) is 11.0. The van der Waals surface area contributed by atoms with Gasteiger partial charge in [-0.15, -0.1) is 0 Å². The lowest BCUT2D eigenvalue weighted by Gasteiger charge is -2.38. The lowest BCUT2D eigenvalue weighted by molar-refractivity contribution is 0.588. The van der Waals surface area contributed by atoms with Crippen molar-refractivity contribution in [1.82, 2.24) is 0 Å². The Hall–Kier alpha value is -4.94. The van der Waals surface area contributed by atoms with E-state index in [0.29, 0.717) is 0 Å². The Balaban J connectivity index is 1.52. The smallest absolute Gasteiger partial charge is 0.0561 e. The molecule has 0 aliphatic heterocycles. The van der Waals surface area contributed by atoms with Crippen LogP contribution >= 0.6 is 0 Å². The number of rotatable bonds is 2. The summed E-state index contributed by atoms with van der Waals surface area (Å²) in [4.78, 5) is 0. The predicted octanol–water partition coefficient (Wildman–Crippen LogP) is 17.0. The van der Waals surface area contributed by atoms with Crippen molar-refractivity contribution in [3.63, 3.8) is 0 Å². The van der Waals surface area contributed by atoms with Crippen LogP contribution in [0.25, 0.3) is 43.8 Å². The number of benzene rings is 7. The summed E-state index contributed by atoms with van der Waals surface area (Å²) in [5.41, 5.74) is 26.9. The van der Waals surface area contributed by atoms with E-state index >= 15 is 0 Å². The van der Waals surface area contributed by atoms with Gasteiger partial charge in [-0.2, -0.15) is 0 Å². The van der Waals surface area contributed by atoms with Crippen LogP contribution < -0.4 is 0 Å². The van der Waals surface area contributed by atoms with E-state index in [0.717, 1.165) is 0 Å². The first-order valence-corrected chi connectivity index (χ1v) is 23.1. The minimum absolute atomic E-state index is 0.0244. The molecule has 0 N–H and O–H groups in total. The van der Waals surface area contributed by atoms with Crippen LogP contribution in [0.1, 0.15) is 172 Å². The van der Waals surface area contributed by atoms with Crippen molar-refractivity contribution >= 4 is 21.5 Å². The molecule has 0 heteroatoms. The van der Waals surface area contributed by atoms with Gasteiger partial charge in [-0.3, -0.25) is 0 Å². The lowest BCUT2D eigenvalue weighted by Crippen LogP contribution is -2.21. The Morgan fingerprint density at radius 2 is 0.516 bits per heavy atom. The molecule has 0 saturated carbocycles. The van der Waals surface area contributed by atoms with Crippen molar-refractivity contribution < 1.29 is 0 Å². The van der Waals surface area contributed by atoms with Gasteiger partial charge in [0.15, 0.2) is 0 Å². The number of hydrogen-bond acceptors (Lipinski definition) is 0. The molecule has 0 heterocycles. The van der Waals surface area contributed by atoms with Crippen molar-refractivity contribution in [3.8, 4) is 22.3 Å². The van der Waals surface area contributed by atoms with Gasteiger partial charge in [-0.05, 0) is 203 Å². The maximum absolute atomic E-state index is 2.65. The molecule has 62 heavy (non-hydrogen) atoms. The first kappa shape index (κ1) is 42.4. The van der Waals surface area contributed by atoms with E-state index in [-0.39, 0.29) is 21.7 Å². The third-order valence-corrected chi connectivity index (χ3v) is 14.2. The predicted molar refractivity (Wildman–Crippen MR) is 270 cm³/mol. The maximum atomic E-state index is 2.65. The highest BCUT2D eigenvalue weighted by Gasteiger charge is 2.39. The lowest BCUT2D eigenvalue weighted by atomic mass is 9.65. The van der Waals surface area contributed by atoms with Crippen LogP contribution in [-0.2, 0) is 21.7 Å². The SMILES string of the molecule is Cc1cc(C)c([C]2c3cc4c(cc3-c3cc(C(C)(C)C)cc5cc(C(C)(C)C)cc2c35)-c2cc(C(C)(C)C)cc3cc(C(C)(C)C)cc(c23)[C]4c2c(C)cc(C)cc2C)c(C)c1. The van der Waals surface area contributed by atoms with Crippen LogP contribution in [0.4, 0.5) is 0 Å². The summed E-state index contributed by atoms with van der Waals surface area (Å²) in [6.07, 6.45) is 0. The molecular formula is C62H68. The fraction of sp³-hybridized carbons (Fsp3) is 0.355. The molecule has 9 rings (SSSR count). The minimum atomic E-state index is -0.0272. The van der Waals surface area contributed by atoms with E-state index in [2.05, 4.69) is 210 Å². The third kappa shape index (κ3) is 6.69. The summed E-state index contributed by atoms with van der Waals surface area (Å²) < 4.78 is 0. The first-order chi connectivity index (χ1) is 28.7. The van der Waals surface area contributed by atoms with E-state index in [1.807, 2.05) is 0 Å². The second kappa shape index (κ2) is 13.8. The molecule has 0 fully saturated rings. The topological polar surface area (TPSA) is 0 Å². The van der Waals surface area contributed by atoms with Crippen LogP contribution in [0.15, 0.2) is 84.9 Å². The summed E-state index contributed by atoms with van der Waals surface area (Å²) in [6.45, 7) is 42.2. The Morgan fingerprint density at radius 1 is 0.258 bits per heavy atom. The molecule has 0 unspecified atom stereocenters. The number of hydrogen-bond donors (Lipinski definition) is 0. The van der Waals surface area contributed by atoms with Gasteiger partial charge in [0.2, 0.25) is 0 Å². The average molecular weight is 813 g/mol. The van der Waals surface area contributed by atoms with Gasteiger partial charge in [0.05, 0.1) is 11.8 Å². The van der Waals surface area contributed by atoms with Crippen molar-refractivity contribution in [2.45, 2.75) is 146 Å². The standard InChI is InChI=1S/C62H68/c1-33-19-35(3)53(36(4)20-33)57-49-32-50-46(31-45(49)47-27-41(59(7,8)9)23-39-25-43(61(13,14)15)29-51(57)55(39)47)48-28-42(60(10,11)12)24-40-26-44(62(16,17)18)30-52(56(40)48)58(50)54-37(5)21-34(2)22-38(54)6/h19-32H,1-18H3. The molecule has 7 aromatic carbocycles. The Kier molecular flexibility index (Phi) is 9.42. The highest BCUT2D eigenvalue weighted by atomic mass is 14.4. The minimum Gasteiger partial charge on any atom is -0.0561 e. The van der Waals surface area contributed by atoms with E-state index in [1.54, 1.807) is 0 Å².